The molecule has 8 nitrogen and oxygen atoms in total. The van der Waals surface area contributed by atoms with Crippen LogP contribution in [0.15, 0.2) is 96.4 Å². The second-order valence-corrected chi connectivity index (χ2v) is 9.92. The highest BCUT2D eigenvalue weighted by molar-refractivity contribution is 7.92. The van der Waals surface area contributed by atoms with Gasteiger partial charge >= 0.3 is 0 Å². The van der Waals surface area contributed by atoms with Gasteiger partial charge in [0, 0.05) is 19.2 Å². The van der Waals surface area contributed by atoms with Crippen molar-refractivity contribution in [2.24, 2.45) is 0 Å². The van der Waals surface area contributed by atoms with E-state index < -0.39 is 10.0 Å². The van der Waals surface area contributed by atoms with E-state index in [-0.39, 0.29) is 16.8 Å². The molecule has 0 aliphatic heterocycles. The molecule has 1 aromatic heterocycles. The van der Waals surface area contributed by atoms with E-state index in [0.717, 1.165) is 11.3 Å². The van der Waals surface area contributed by atoms with Crippen molar-refractivity contribution in [3.8, 4) is 5.69 Å². The van der Waals surface area contributed by atoms with Gasteiger partial charge in [0.25, 0.3) is 15.9 Å². The fraction of sp³-hybridized carbons (Fsp3) is 0.192. The summed E-state index contributed by atoms with van der Waals surface area (Å²) < 4.78 is 29.4. The van der Waals surface area contributed by atoms with Crippen molar-refractivity contribution in [1.82, 2.24) is 19.7 Å². The maximum absolute atomic E-state index is 13.2. The Morgan fingerprint density at radius 2 is 1.63 bits per heavy atom. The topological polar surface area (TPSA) is 88.4 Å². The molecule has 0 bridgehead atoms. The molecule has 4 aromatic rings. The van der Waals surface area contributed by atoms with Crippen molar-refractivity contribution in [3.05, 3.63) is 103 Å². The van der Waals surface area contributed by atoms with Crippen molar-refractivity contribution < 1.29 is 13.2 Å². The Morgan fingerprint density at radius 3 is 2.20 bits per heavy atom. The van der Waals surface area contributed by atoms with Gasteiger partial charge in [0.05, 0.1) is 22.3 Å². The third-order valence-corrected chi connectivity index (χ3v) is 7.90. The quantitative estimate of drug-likeness (QED) is 0.368. The van der Waals surface area contributed by atoms with Gasteiger partial charge in [-0.1, -0.05) is 30.3 Å². The Hall–Kier alpha value is -3.98. The number of carbonyl (C=O) groups is 1. The average Bonchev–Trinajstić information content (AvgIpc) is 3.44. The first-order chi connectivity index (χ1) is 16.8. The van der Waals surface area contributed by atoms with Crippen LogP contribution < -0.4 is 4.31 Å². The third-order valence-electron chi connectivity index (χ3n) is 5.98. The highest BCUT2D eigenvalue weighted by atomic mass is 32.2. The van der Waals surface area contributed by atoms with Crippen LogP contribution in [0.1, 0.15) is 35.8 Å². The molecule has 0 saturated carbocycles. The minimum Gasteiger partial charge on any atom is -0.335 e. The molecule has 1 amide bonds. The van der Waals surface area contributed by atoms with Crippen molar-refractivity contribution in [2.75, 3.05) is 17.9 Å². The Kier molecular flexibility index (Phi) is 6.97. The molecule has 180 valence electrons. The number of carbonyl (C=O) groups excluding carboxylic acids is 1. The van der Waals surface area contributed by atoms with E-state index in [0.29, 0.717) is 17.8 Å². The van der Waals surface area contributed by atoms with E-state index in [2.05, 4.69) is 10.1 Å². The summed E-state index contributed by atoms with van der Waals surface area (Å²) in [6.07, 6.45) is 3.10. The summed E-state index contributed by atoms with van der Waals surface area (Å²) in [5.74, 6) is -0.197. The molecule has 0 fully saturated rings. The lowest BCUT2D eigenvalue weighted by Gasteiger charge is -2.26. The van der Waals surface area contributed by atoms with Gasteiger partial charge in [-0.3, -0.25) is 9.10 Å². The number of para-hydroxylation sites is 1. The predicted molar refractivity (Wildman–Crippen MR) is 135 cm³/mol. The van der Waals surface area contributed by atoms with Crippen molar-refractivity contribution in [2.45, 2.75) is 24.8 Å². The highest BCUT2D eigenvalue weighted by Crippen LogP contribution is 2.25. The minimum absolute atomic E-state index is 0.138. The van der Waals surface area contributed by atoms with Gasteiger partial charge in [0.15, 0.2) is 0 Å². The van der Waals surface area contributed by atoms with Gasteiger partial charge in [0.1, 0.15) is 12.7 Å². The van der Waals surface area contributed by atoms with Crippen LogP contribution in [0.4, 0.5) is 5.69 Å². The zero-order valence-electron chi connectivity index (χ0n) is 19.8. The maximum Gasteiger partial charge on any atom is 0.264 e. The summed E-state index contributed by atoms with van der Waals surface area (Å²) in [5.41, 5.74) is 2.85. The SMILES string of the molecule is CCN(c1ccccc1)S(=O)(=O)c1ccc(C(=O)N(C)C(C)c2ccc(-n3cncn3)cc2)cc1. The number of hydrogen-bond donors (Lipinski definition) is 0. The van der Waals surface area contributed by atoms with Gasteiger partial charge in [-0.05, 0) is 67.9 Å². The smallest absolute Gasteiger partial charge is 0.264 e. The largest absolute Gasteiger partial charge is 0.335 e. The van der Waals surface area contributed by atoms with Gasteiger partial charge in [-0.2, -0.15) is 5.10 Å². The number of benzene rings is 3. The van der Waals surface area contributed by atoms with Gasteiger partial charge in [0.2, 0.25) is 0 Å². The molecule has 0 radical (unpaired) electrons. The molecule has 1 atom stereocenters. The normalized spacial score (nSPS) is 12.2. The van der Waals surface area contributed by atoms with Crippen LogP contribution in [0, 0.1) is 0 Å². The van der Waals surface area contributed by atoms with Crippen molar-refractivity contribution >= 4 is 21.6 Å². The van der Waals surface area contributed by atoms with Crippen LogP contribution in [-0.4, -0.2) is 47.6 Å². The number of anilines is 1. The number of aromatic nitrogens is 3. The molecule has 3 aromatic carbocycles. The second kappa shape index (κ2) is 10.1. The van der Waals surface area contributed by atoms with Crippen LogP contribution in [0.5, 0.6) is 0 Å². The molecule has 1 heterocycles. The summed E-state index contributed by atoms with van der Waals surface area (Å²) in [6, 6.07) is 22.6. The Bertz CT molecular complexity index is 1370. The van der Waals surface area contributed by atoms with Gasteiger partial charge in [-0.15, -0.1) is 0 Å². The van der Waals surface area contributed by atoms with Crippen molar-refractivity contribution in [1.29, 1.82) is 0 Å². The summed E-state index contributed by atoms with van der Waals surface area (Å²) >= 11 is 0. The molecule has 0 spiro atoms. The molecule has 4 rings (SSSR count). The molecule has 0 N–H and O–H groups in total. The summed E-state index contributed by atoms with van der Waals surface area (Å²) in [6.45, 7) is 4.03. The average molecular weight is 490 g/mol. The third kappa shape index (κ3) is 4.95. The first-order valence-electron chi connectivity index (χ1n) is 11.2. The fourth-order valence-corrected chi connectivity index (χ4v) is 5.31. The summed E-state index contributed by atoms with van der Waals surface area (Å²) in [5, 5.41) is 4.12. The zero-order chi connectivity index (χ0) is 25.0. The molecule has 9 heteroatoms. The second-order valence-electron chi connectivity index (χ2n) is 8.05. The number of amides is 1. The predicted octanol–water partition coefficient (Wildman–Crippen LogP) is 4.32. The number of hydrogen-bond acceptors (Lipinski definition) is 5. The summed E-state index contributed by atoms with van der Waals surface area (Å²) in [4.78, 5) is 18.9. The lowest BCUT2D eigenvalue weighted by molar-refractivity contribution is 0.0742. The highest BCUT2D eigenvalue weighted by Gasteiger charge is 2.25. The van der Waals surface area contributed by atoms with Gasteiger partial charge < -0.3 is 4.90 Å². The standard InChI is InChI=1S/C26H27N5O3S/c1-4-31(24-8-6-5-7-9-24)35(33,34)25-16-12-22(13-17-25)26(32)29(3)20(2)21-10-14-23(15-11-21)30-19-27-18-28-30/h5-20H,4H2,1-3H3. The molecular formula is C26H27N5O3S. The van der Waals surface area contributed by atoms with Crippen LogP contribution >= 0.6 is 0 Å². The van der Waals surface area contributed by atoms with E-state index in [9.17, 15) is 13.2 Å². The maximum atomic E-state index is 13.2. The first kappa shape index (κ1) is 24.2. The van der Waals surface area contributed by atoms with Crippen LogP contribution in [0.3, 0.4) is 0 Å². The number of nitrogens with zero attached hydrogens (tertiary/aromatic N) is 5. The lowest BCUT2D eigenvalue weighted by atomic mass is 10.1. The van der Waals surface area contributed by atoms with Crippen LogP contribution in [-0.2, 0) is 10.0 Å². The van der Waals surface area contributed by atoms with E-state index in [1.807, 2.05) is 37.3 Å². The molecule has 0 aliphatic rings. The summed E-state index contributed by atoms with van der Waals surface area (Å²) in [7, 11) is -2.02. The zero-order valence-corrected chi connectivity index (χ0v) is 20.6. The van der Waals surface area contributed by atoms with Crippen molar-refractivity contribution in [3.63, 3.8) is 0 Å². The van der Waals surface area contributed by atoms with E-state index in [1.165, 1.54) is 22.8 Å². The molecule has 0 saturated heterocycles. The van der Waals surface area contributed by atoms with Crippen LogP contribution in [0.25, 0.3) is 5.69 Å². The van der Waals surface area contributed by atoms with E-state index in [4.69, 9.17) is 0 Å². The van der Waals surface area contributed by atoms with E-state index in [1.54, 1.807) is 66.3 Å². The first-order valence-corrected chi connectivity index (χ1v) is 12.7. The molecule has 0 aliphatic carbocycles. The number of sulfonamides is 1. The Morgan fingerprint density at radius 1 is 0.971 bits per heavy atom. The number of rotatable bonds is 8. The molecule has 1 unspecified atom stereocenters. The van der Waals surface area contributed by atoms with Crippen LogP contribution in [0.2, 0.25) is 0 Å². The van der Waals surface area contributed by atoms with Gasteiger partial charge in [-0.25, -0.2) is 18.1 Å². The fourth-order valence-electron chi connectivity index (χ4n) is 3.83. The molecular weight excluding hydrogens is 462 g/mol. The minimum atomic E-state index is -3.75. The van der Waals surface area contributed by atoms with E-state index >= 15 is 0 Å². The Balaban J connectivity index is 1.50. The lowest BCUT2D eigenvalue weighted by Crippen LogP contribution is -2.31. The molecule has 35 heavy (non-hydrogen) atoms. The monoisotopic (exact) mass is 489 g/mol. The Labute approximate surface area is 205 Å².